The molecule has 0 bridgehead atoms. The molecule has 0 unspecified atom stereocenters. The lowest BCUT2D eigenvalue weighted by Gasteiger charge is -2.31. The lowest BCUT2D eigenvalue weighted by Crippen LogP contribution is -2.44. The minimum atomic E-state index is -0.500. The molecule has 1 amide bonds. The van der Waals surface area contributed by atoms with E-state index in [1.165, 1.54) is 12.3 Å². The molecule has 1 aromatic heterocycles. The number of halogens is 2. The molecule has 0 radical (unpaired) electrons. The summed E-state index contributed by atoms with van der Waals surface area (Å²) in [5.41, 5.74) is 13.5. The summed E-state index contributed by atoms with van der Waals surface area (Å²) < 4.78 is 27.9. The highest BCUT2D eigenvalue weighted by Crippen LogP contribution is 2.33. The molecule has 9 heteroatoms. The Bertz CT molecular complexity index is 965. The molecule has 3 heterocycles. The fraction of sp³-hybridized carbons (Fsp3) is 0.455. The van der Waals surface area contributed by atoms with Crippen molar-refractivity contribution in [3.05, 3.63) is 53.2 Å². The maximum absolute atomic E-state index is 14.2. The Hall–Kier alpha value is -2.78. The third kappa shape index (κ3) is 4.33. The number of benzene rings is 1. The van der Waals surface area contributed by atoms with Crippen LogP contribution in [0.3, 0.4) is 0 Å². The van der Waals surface area contributed by atoms with Crippen molar-refractivity contribution < 1.29 is 13.6 Å². The predicted octanol–water partition coefficient (Wildman–Crippen LogP) is 1.70. The zero-order valence-electron chi connectivity index (χ0n) is 17.5. The van der Waals surface area contributed by atoms with Gasteiger partial charge in [0.2, 0.25) is 0 Å². The van der Waals surface area contributed by atoms with Gasteiger partial charge < -0.3 is 26.6 Å². The Kier molecular flexibility index (Phi) is 6.06. The molecule has 2 atom stereocenters. The average Bonchev–Trinajstić information content (AvgIpc) is 3.15. The SMILES string of the molecule is CN(C(=O)c1cnc(N2C[C@H](c3cc(F)ccc3F)[C@@H](N)C2)c(N)c1)C1CCNCC1. The van der Waals surface area contributed by atoms with E-state index in [0.717, 1.165) is 38.1 Å². The first-order valence-corrected chi connectivity index (χ1v) is 10.5. The van der Waals surface area contributed by atoms with Crippen molar-refractivity contribution in [2.45, 2.75) is 30.8 Å². The zero-order valence-corrected chi connectivity index (χ0v) is 17.5. The second kappa shape index (κ2) is 8.76. The van der Waals surface area contributed by atoms with E-state index in [2.05, 4.69) is 10.3 Å². The minimum absolute atomic E-state index is 0.115. The van der Waals surface area contributed by atoms with Crippen molar-refractivity contribution in [1.82, 2.24) is 15.2 Å². The summed E-state index contributed by atoms with van der Waals surface area (Å²) >= 11 is 0. The van der Waals surface area contributed by atoms with Crippen molar-refractivity contribution >= 4 is 17.4 Å². The van der Waals surface area contributed by atoms with Gasteiger partial charge in [0.15, 0.2) is 5.82 Å². The summed E-state index contributed by atoms with van der Waals surface area (Å²) in [7, 11) is 1.81. The number of rotatable bonds is 4. The van der Waals surface area contributed by atoms with Crippen LogP contribution in [0.25, 0.3) is 0 Å². The highest BCUT2D eigenvalue weighted by Gasteiger charge is 2.35. The largest absolute Gasteiger partial charge is 0.396 e. The number of hydrogen-bond acceptors (Lipinski definition) is 6. The van der Waals surface area contributed by atoms with Crippen molar-refractivity contribution in [3.8, 4) is 0 Å². The van der Waals surface area contributed by atoms with Gasteiger partial charge in [-0.25, -0.2) is 13.8 Å². The number of carbonyl (C=O) groups is 1. The third-order valence-electron chi connectivity index (χ3n) is 6.34. The molecule has 2 aliphatic rings. The fourth-order valence-electron chi connectivity index (χ4n) is 4.55. The van der Waals surface area contributed by atoms with Crippen LogP contribution in [0.2, 0.25) is 0 Å². The molecule has 0 spiro atoms. The molecule has 5 N–H and O–H groups in total. The second-order valence-electron chi connectivity index (χ2n) is 8.38. The number of aromatic nitrogens is 1. The number of pyridine rings is 1. The van der Waals surface area contributed by atoms with E-state index in [9.17, 15) is 13.6 Å². The van der Waals surface area contributed by atoms with Gasteiger partial charge >= 0.3 is 0 Å². The first-order valence-electron chi connectivity index (χ1n) is 10.5. The van der Waals surface area contributed by atoms with Crippen molar-refractivity contribution in [3.63, 3.8) is 0 Å². The Morgan fingerprint density at radius 2 is 1.97 bits per heavy atom. The van der Waals surface area contributed by atoms with Crippen LogP contribution in [0.5, 0.6) is 0 Å². The van der Waals surface area contributed by atoms with Crippen LogP contribution in [-0.4, -0.2) is 61.1 Å². The number of nitrogen functional groups attached to an aromatic ring is 1. The van der Waals surface area contributed by atoms with Gasteiger partial charge in [0.1, 0.15) is 11.6 Å². The molecule has 2 aromatic rings. The Labute approximate surface area is 180 Å². The first-order chi connectivity index (χ1) is 14.8. The van der Waals surface area contributed by atoms with Crippen LogP contribution in [-0.2, 0) is 0 Å². The molecule has 7 nitrogen and oxygen atoms in total. The molecule has 0 saturated carbocycles. The standard InChI is InChI=1S/C22H28F2N6O/c1-29(15-4-6-27-7-5-15)22(31)13-8-19(25)21(28-10-13)30-11-17(20(26)12-30)16-9-14(23)2-3-18(16)24/h2-3,8-10,15,17,20,27H,4-7,11-12,25-26H2,1H3/t17-,20+/m1/s1. The molecule has 2 saturated heterocycles. The van der Waals surface area contributed by atoms with Gasteiger partial charge in [-0.15, -0.1) is 0 Å². The molecule has 0 aliphatic carbocycles. The van der Waals surface area contributed by atoms with Crippen LogP contribution in [0.1, 0.15) is 34.7 Å². The van der Waals surface area contributed by atoms with E-state index < -0.39 is 17.7 Å². The quantitative estimate of drug-likeness (QED) is 0.683. The fourth-order valence-corrected chi connectivity index (χ4v) is 4.55. The normalized spacial score (nSPS) is 22.0. The van der Waals surface area contributed by atoms with Gasteiger partial charge in [-0.3, -0.25) is 4.79 Å². The van der Waals surface area contributed by atoms with E-state index in [1.807, 2.05) is 4.90 Å². The topological polar surface area (TPSA) is 101 Å². The Balaban J connectivity index is 1.50. The van der Waals surface area contributed by atoms with E-state index in [4.69, 9.17) is 11.5 Å². The molecule has 166 valence electrons. The van der Waals surface area contributed by atoms with Gasteiger partial charge in [0.05, 0.1) is 11.3 Å². The number of nitrogens with one attached hydrogen (secondary N) is 1. The average molecular weight is 431 g/mol. The van der Waals surface area contributed by atoms with Crippen LogP contribution in [0.4, 0.5) is 20.3 Å². The number of piperidine rings is 1. The Morgan fingerprint density at radius 3 is 2.68 bits per heavy atom. The predicted molar refractivity (Wildman–Crippen MR) is 116 cm³/mol. The summed E-state index contributed by atoms with van der Waals surface area (Å²) in [6, 6.07) is 4.82. The molecular formula is C22H28F2N6O. The zero-order chi connectivity index (χ0) is 22.1. The maximum atomic E-state index is 14.2. The van der Waals surface area contributed by atoms with Crippen molar-refractivity contribution in [2.75, 3.05) is 43.9 Å². The van der Waals surface area contributed by atoms with Gasteiger partial charge in [0, 0.05) is 44.3 Å². The lowest BCUT2D eigenvalue weighted by atomic mass is 9.94. The summed E-state index contributed by atoms with van der Waals surface area (Å²) in [6.07, 6.45) is 3.34. The number of hydrogen-bond donors (Lipinski definition) is 3. The summed E-state index contributed by atoms with van der Waals surface area (Å²) in [5.74, 6) is -0.984. The lowest BCUT2D eigenvalue weighted by molar-refractivity contribution is 0.0703. The summed E-state index contributed by atoms with van der Waals surface area (Å²) in [5, 5.41) is 3.29. The molecule has 31 heavy (non-hydrogen) atoms. The summed E-state index contributed by atoms with van der Waals surface area (Å²) in [6.45, 7) is 2.55. The maximum Gasteiger partial charge on any atom is 0.255 e. The van der Waals surface area contributed by atoms with E-state index in [1.54, 1.807) is 18.0 Å². The second-order valence-corrected chi connectivity index (χ2v) is 8.38. The molecular weight excluding hydrogens is 402 g/mol. The van der Waals surface area contributed by atoms with Gasteiger partial charge in [-0.05, 0) is 55.8 Å². The van der Waals surface area contributed by atoms with E-state index >= 15 is 0 Å². The van der Waals surface area contributed by atoms with Gasteiger partial charge in [-0.2, -0.15) is 0 Å². The van der Waals surface area contributed by atoms with Gasteiger partial charge in [0.25, 0.3) is 5.91 Å². The number of anilines is 2. The van der Waals surface area contributed by atoms with Gasteiger partial charge in [-0.1, -0.05) is 0 Å². The molecule has 1 aromatic carbocycles. The number of nitrogens with two attached hydrogens (primary N) is 2. The van der Waals surface area contributed by atoms with E-state index in [0.29, 0.717) is 30.2 Å². The molecule has 2 fully saturated rings. The number of carbonyl (C=O) groups excluding carboxylic acids is 1. The van der Waals surface area contributed by atoms with Crippen molar-refractivity contribution in [2.24, 2.45) is 5.73 Å². The van der Waals surface area contributed by atoms with E-state index in [-0.39, 0.29) is 23.4 Å². The van der Waals surface area contributed by atoms with Crippen LogP contribution in [0, 0.1) is 11.6 Å². The summed E-state index contributed by atoms with van der Waals surface area (Å²) in [4.78, 5) is 20.9. The molecule has 2 aliphatic heterocycles. The monoisotopic (exact) mass is 430 g/mol. The van der Waals surface area contributed by atoms with Crippen LogP contribution < -0.4 is 21.7 Å². The number of amides is 1. The van der Waals surface area contributed by atoms with Crippen LogP contribution >= 0.6 is 0 Å². The smallest absolute Gasteiger partial charge is 0.255 e. The Morgan fingerprint density at radius 1 is 1.23 bits per heavy atom. The number of nitrogens with zero attached hydrogens (tertiary/aromatic N) is 3. The minimum Gasteiger partial charge on any atom is -0.396 e. The van der Waals surface area contributed by atoms with Crippen LogP contribution in [0.15, 0.2) is 30.5 Å². The highest BCUT2D eigenvalue weighted by atomic mass is 19.1. The first kappa shape index (κ1) is 21.5. The third-order valence-corrected chi connectivity index (χ3v) is 6.34. The highest BCUT2D eigenvalue weighted by molar-refractivity contribution is 5.95. The molecule has 4 rings (SSSR count). The van der Waals surface area contributed by atoms with Crippen molar-refractivity contribution in [1.29, 1.82) is 0 Å².